The molecule has 1 aromatic rings. The maximum atomic E-state index is 13.1. The van der Waals surface area contributed by atoms with Crippen LogP contribution in [-0.2, 0) is 9.59 Å². The number of nitrogens with one attached hydrogen (secondary N) is 2. The van der Waals surface area contributed by atoms with Crippen LogP contribution in [0.4, 0.5) is 4.39 Å². The molecule has 0 saturated carbocycles. The number of halogens is 2. The van der Waals surface area contributed by atoms with Gasteiger partial charge in [0.25, 0.3) is 5.91 Å². The third-order valence-electron chi connectivity index (χ3n) is 3.34. The summed E-state index contributed by atoms with van der Waals surface area (Å²) in [6.45, 7) is 3.15. The van der Waals surface area contributed by atoms with Crippen LogP contribution in [0.5, 0.6) is 0 Å². The van der Waals surface area contributed by atoms with E-state index in [0.29, 0.717) is 4.47 Å². The first-order valence-electron chi connectivity index (χ1n) is 6.97. The van der Waals surface area contributed by atoms with Gasteiger partial charge < -0.3 is 15.7 Å². The summed E-state index contributed by atoms with van der Waals surface area (Å²) in [7, 11) is 0. The summed E-state index contributed by atoms with van der Waals surface area (Å²) in [4.78, 5) is 34.4. The van der Waals surface area contributed by atoms with E-state index in [9.17, 15) is 18.8 Å². The van der Waals surface area contributed by atoms with Gasteiger partial charge in [-0.2, -0.15) is 0 Å². The van der Waals surface area contributed by atoms with Crippen molar-refractivity contribution in [3.05, 3.63) is 34.1 Å². The Hall–Kier alpha value is -1.96. The highest BCUT2D eigenvalue weighted by molar-refractivity contribution is 9.10. The lowest BCUT2D eigenvalue weighted by Crippen LogP contribution is -2.41. The molecule has 8 heteroatoms. The zero-order chi connectivity index (χ0) is 17.6. The molecule has 1 aromatic carbocycles. The van der Waals surface area contributed by atoms with Crippen molar-refractivity contribution in [3.63, 3.8) is 0 Å². The number of aliphatic carboxylic acids is 1. The van der Waals surface area contributed by atoms with Crippen LogP contribution in [0.2, 0.25) is 0 Å². The Balaban J connectivity index is 2.44. The highest BCUT2D eigenvalue weighted by Crippen LogP contribution is 2.17. The molecule has 0 fully saturated rings. The van der Waals surface area contributed by atoms with Crippen molar-refractivity contribution in [1.82, 2.24) is 10.6 Å². The zero-order valence-electron chi connectivity index (χ0n) is 12.7. The van der Waals surface area contributed by atoms with Crippen LogP contribution in [0.1, 0.15) is 30.6 Å². The molecular weight excluding hydrogens is 371 g/mol. The number of hydrogen-bond donors (Lipinski definition) is 3. The van der Waals surface area contributed by atoms with Gasteiger partial charge >= 0.3 is 5.97 Å². The summed E-state index contributed by atoms with van der Waals surface area (Å²) in [6, 6.07) is 3.22. The standard InChI is InChI=1S/C15H18BrFN2O4/c1-8(15(22)23)9(2)19-13(20)5-6-18-14(21)11-7-10(17)3-4-12(11)16/h3-4,7-9H,5-6H2,1-2H3,(H,18,21)(H,19,20)(H,22,23). The van der Waals surface area contributed by atoms with Gasteiger partial charge in [0, 0.05) is 23.5 Å². The minimum atomic E-state index is -0.998. The van der Waals surface area contributed by atoms with Crippen molar-refractivity contribution in [1.29, 1.82) is 0 Å². The van der Waals surface area contributed by atoms with Crippen LogP contribution in [0.15, 0.2) is 22.7 Å². The van der Waals surface area contributed by atoms with Gasteiger partial charge in [0.05, 0.1) is 11.5 Å². The predicted molar refractivity (Wildman–Crippen MR) is 85.5 cm³/mol. The van der Waals surface area contributed by atoms with Crippen molar-refractivity contribution in [2.75, 3.05) is 6.54 Å². The molecule has 0 heterocycles. The van der Waals surface area contributed by atoms with Crippen LogP contribution >= 0.6 is 15.9 Å². The molecule has 3 N–H and O–H groups in total. The smallest absolute Gasteiger partial charge is 0.308 e. The molecule has 0 aliphatic rings. The number of amides is 2. The average Bonchev–Trinajstić information content (AvgIpc) is 2.48. The van der Waals surface area contributed by atoms with Crippen molar-refractivity contribution >= 4 is 33.7 Å². The van der Waals surface area contributed by atoms with Crippen LogP contribution in [-0.4, -0.2) is 35.5 Å². The molecule has 0 radical (unpaired) electrons. The second-order valence-corrected chi connectivity index (χ2v) is 5.97. The maximum Gasteiger partial charge on any atom is 0.308 e. The number of rotatable bonds is 7. The highest BCUT2D eigenvalue weighted by atomic mass is 79.9. The second kappa shape index (κ2) is 8.61. The van der Waals surface area contributed by atoms with Crippen LogP contribution in [0.3, 0.4) is 0 Å². The van der Waals surface area contributed by atoms with E-state index in [0.717, 1.165) is 6.07 Å². The number of carbonyl (C=O) groups is 3. The van der Waals surface area contributed by atoms with Gasteiger partial charge in [-0.1, -0.05) is 0 Å². The molecule has 0 spiro atoms. The van der Waals surface area contributed by atoms with Gasteiger partial charge in [0.1, 0.15) is 5.82 Å². The molecule has 0 aromatic heterocycles. The van der Waals surface area contributed by atoms with Gasteiger partial charge in [0.2, 0.25) is 5.91 Å². The molecular formula is C15H18BrFN2O4. The fourth-order valence-electron chi connectivity index (χ4n) is 1.72. The van der Waals surface area contributed by atoms with Gasteiger partial charge in [-0.3, -0.25) is 14.4 Å². The van der Waals surface area contributed by atoms with Gasteiger partial charge in [-0.15, -0.1) is 0 Å². The van der Waals surface area contributed by atoms with Crippen LogP contribution in [0.25, 0.3) is 0 Å². The molecule has 0 bridgehead atoms. The second-order valence-electron chi connectivity index (χ2n) is 5.11. The quantitative estimate of drug-likeness (QED) is 0.664. The molecule has 6 nitrogen and oxygen atoms in total. The fraction of sp³-hybridized carbons (Fsp3) is 0.400. The van der Waals surface area contributed by atoms with Crippen molar-refractivity contribution in [3.8, 4) is 0 Å². The van der Waals surface area contributed by atoms with E-state index in [1.807, 2.05) is 0 Å². The summed E-state index contributed by atoms with van der Waals surface area (Å²) in [5, 5.41) is 13.9. The third-order valence-corrected chi connectivity index (χ3v) is 4.03. The number of carboxylic acid groups (broad SMARTS) is 1. The highest BCUT2D eigenvalue weighted by Gasteiger charge is 2.20. The lowest BCUT2D eigenvalue weighted by atomic mass is 10.0. The van der Waals surface area contributed by atoms with E-state index < -0.39 is 29.7 Å². The number of hydrogen-bond acceptors (Lipinski definition) is 3. The summed E-state index contributed by atoms with van der Waals surface area (Å²) in [5.74, 6) is -3.12. The van der Waals surface area contributed by atoms with E-state index >= 15 is 0 Å². The topological polar surface area (TPSA) is 95.5 Å². The molecule has 0 aliphatic carbocycles. The summed E-state index contributed by atoms with van der Waals surface area (Å²) in [5.41, 5.74) is 0.137. The normalized spacial score (nSPS) is 13.0. The first-order valence-corrected chi connectivity index (χ1v) is 7.77. The van der Waals surface area contributed by atoms with Gasteiger partial charge in [-0.25, -0.2) is 4.39 Å². The van der Waals surface area contributed by atoms with E-state index in [1.54, 1.807) is 6.92 Å². The molecule has 0 aliphatic heterocycles. The molecule has 2 atom stereocenters. The summed E-state index contributed by atoms with van der Waals surface area (Å²) >= 11 is 3.15. The van der Waals surface area contributed by atoms with Crippen LogP contribution in [0, 0.1) is 11.7 Å². The van der Waals surface area contributed by atoms with Gasteiger partial charge in [-0.05, 0) is 48.0 Å². The summed E-state index contributed by atoms with van der Waals surface area (Å²) in [6.07, 6.45) is -0.00461. The van der Waals surface area contributed by atoms with E-state index in [4.69, 9.17) is 5.11 Å². The van der Waals surface area contributed by atoms with Crippen molar-refractivity contribution in [2.24, 2.45) is 5.92 Å². The minimum absolute atomic E-state index is 0.00461. The number of carbonyl (C=O) groups excluding carboxylic acids is 2. The molecule has 0 saturated heterocycles. The molecule has 1 rings (SSSR count). The predicted octanol–water partition coefficient (Wildman–Crippen LogP) is 1.93. The van der Waals surface area contributed by atoms with E-state index in [1.165, 1.54) is 19.1 Å². The zero-order valence-corrected chi connectivity index (χ0v) is 14.3. The Bertz CT molecular complexity index is 609. The largest absolute Gasteiger partial charge is 0.481 e. The minimum Gasteiger partial charge on any atom is -0.481 e. The Morgan fingerprint density at radius 1 is 1.30 bits per heavy atom. The Kier molecular flexibility index (Phi) is 7.15. The average molecular weight is 389 g/mol. The molecule has 126 valence electrons. The van der Waals surface area contributed by atoms with E-state index in [-0.39, 0.29) is 24.4 Å². The summed E-state index contributed by atoms with van der Waals surface area (Å²) < 4.78 is 13.6. The number of benzene rings is 1. The molecule has 2 unspecified atom stereocenters. The van der Waals surface area contributed by atoms with Gasteiger partial charge in [0.15, 0.2) is 0 Å². The number of carboxylic acids is 1. The Morgan fingerprint density at radius 2 is 1.96 bits per heavy atom. The Labute approximate surface area is 141 Å². The Morgan fingerprint density at radius 3 is 2.57 bits per heavy atom. The van der Waals surface area contributed by atoms with Crippen molar-refractivity contribution in [2.45, 2.75) is 26.3 Å². The SMILES string of the molecule is CC(NC(=O)CCNC(=O)c1cc(F)ccc1Br)C(C)C(=O)O. The monoisotopic (exact) mass is 388 g/mol. The lowest BCUT2D eigenvalue weighted by Gasteiger charge is -2.17. The van der Waals surface area contributed by atoms with Crippen LogP contribution < -0.4 is 10.6 Å². The fourth-order valence-corrected chi connectivity index (χ4v) is 2.15. The maximum absolute atomic E-state index is 13.1. The molecule has 2 amide bonds. The van der Waals surface area contributed by atoms with Crippen molar-refractivity contribution < 1.29 is 23.9 Å². The lowest BCUT2D eigenvalue weighted by molar-refractivity contribution is -0.142. The molecule has 23 heavy (non-hydrogen) atoms. The first kappa shape index (κ1) is 19.1. The first-order chi connectivity index (χ1) is 10.7. The van der Waals surface area contributed by atoms with E-state index in [2.05, 4.69) is 26.6 Å². The third kappa shape index (κ3) is 5.97.